The number of hydrogen-bond acceptors (Lipinski definition) is 8. The van der Waals surface area contributed by atoms with Gasteiger partial charge in [0.15, 0.2) is 11.5 Å². The molecule has 3 atom stereocenters. The number of carboxylic acid groups (broad SMARTS) is 1. The molecule has 9 nitrogen and oxygen atoms in total. The Bertz CT molecular complexity index is 1490. The Kier molecular flexibility index (Phi) is 9.66. The van der Waals surface area contributed by atoms with Gasteiger partial charge in [0.05, 0.1) is 32.3 Å². The van der Waals surface area contributed by atoms with Crippen molar-refractivity contribution in [3.8, 4) is 0 Å². The molecule has 2 fully saturated rings. The molecule has 0 saturated carbocycles. The van der Waals surface area contributed by atoms with Crippen LogP contribution in [0, 0.1) is 5.92 Å². The number of piperidine rings is 1. The molecular formula is C35H43N5O4. The number of carbonyl (C=O) groups is 1. The normalized spacial score (nSPS) is 24.2. The molecule has 4 heterocycles. The highest BCUT2D eigenvalue weighted by atomic mass is 16.5. The first kappa shape index (κ1) is 30.4. The minimum absolute atomic E-state index is 0.00973. The van der Waals surface area contributed by atoms with E-state index in [9.17, 15) is 9.90 Å². The quantitative estimate of drug-likeness (QED) is 0.180. The number of fused-ring (bicyclic) bond motifs is 1. The van der Waals surface area contributed by atoms with Crippen LogP contribution in [0.25, 0.3) is 16.5 Å². The van der Waals surface area contributed by atoms with Crippen LogP contribution in [0.4, 0.5) is 5.82 Å². The summed E-state index contributed by atoms with van der Waals surface area (Å²) in [5, 5.41) is 17.6. The number of ether oxygens (including phenoxy) is 2. The first-order valence-electron chi connectivity index (χ1n) is 15.9. The first-order chi connectivity index (χ1) is 21.5. The molecule has 0 amide bonds. The Labute approximate surface area is 259 Å². The Morgan fingerprint density at radius 2 is 2.05 bits per heavy atom. The summed E-state index contributed by atoms with van der Waals surface area (Å²) in [7, 11) is 0. The lowest BCUT2D eigenvalue weighted by molar-refractivity contribution is -0.138. The van der Waals surface area contributed by atoms with Crippen molar-refractivity contribution < 1.29 is 19.4 Å². The maximum atomic E-state index is 11.5. The number of nitrogens with one attached hydrogen (secondary N) is 2. The third kappa shape index (κ3) is 7.02. The molecule has 0 bridgehead atoms. The van der Waals surface area contributed by atoms with Gasteiger partial charge in [-0.1, -0.05) is 55.8 Å². The number of anilines is 1. The second kappa shape index (κ2) is 14.0. The average Bonchev–Trinajstić information content (AvgIpc) is 3.00. The highest BCUT2D eigenvalue weighted by Crippen LogP contribution is 2.40. The minimum Gasteiger partial charge on any atom is -0.481 e. The summed E-state index contributed by atoms with van der Waals surface area (Å²) < 4.78 is 12.0. The molecular weight excluding hydrogens is 554 g/mol. The summed E-state index contributed by atoms with van der Waals surface area (Å²) in [5.41, 5.74) is 3.39. The molecule has 3 N–H and O–H groups in total. The minimum atomic E-state index is -0.820. The van der Waals surface area contributed by atoms with Gasteiger partial charge < -0.3 is 25.2 Å². The molecule has 9 heteroatoms. The zero-order valence-electron chi connectivity index (χ0n) is 25.5. The van der Waals surface area contributed by atoms with Crippen LogP contribution in [-0.2, 0) is 20.8 Å². The predicted octanol–water partition coefficient (Wildman–Crippen LogP) is 5.25. The Morgan fingerprint density at radius 3 is 2.84 bits per heavy atom. The average molecular weight is 598 g/mol. The Morgan fingerprint density at radius 1 is 1.18 bits per heavy atom. The third-order valence-electron chi connectivity index (χ3n) is 9.08. The highest BCUT2D eigenvalue weighted by Gasteiger charge is 2.40. The molecule has 2 aromatic heterocycles. The second-order valence-corrected chi connectivity index (χ2v) is 12.2. The van der Waals surface area contributed by atoms with Gasteiger partial charge in [0, 0.05) is 36.3 Å². The lowest BCUT2D eigenvalue weighted by atomic mass is 9.81. The third-order valence-corrected chi connectivity index (χ3v) is 9.08. The van der Waals surface area contributed by atoms with Crippen LogP contribution in [0.2, 0.25) is 0 Å². The summed E-state index contributed by atoms with van der Waals surface area (Å²) >= 11 is 0. The zero-order chi connectivity index (χ0) is 30.4. The number of rotatable bonds is 13. The van der Waals surface area contributed by atoms with E-state index in [-0.39, 0.29) is 18.4 Å². The number of aromatic nitrogens is 2. The van der Waals surface area contributed by atoms with E-state index in [0.29, 0.717) is 25.0 Å². The molecule has 1 aromatic carbocycles. The number of carboxylic acids is 1. The molecule has 0 spiro atoms. The number of nitrogens with zero attached hydrogens (tertiary/aromatic N) is 3. The van der Waals surface area contributed by atoms with Crippen LogP contribution >= 0.6 is 0 Å². The number of hydrogen-bond donors (Lipinski definition) is 3. The molecule has 3 aromatic rings. The van der Waals surface area contributed by atoms with Crippen molar-refractivity contribution >= 4 is 28.3 Å². The van der Waals surface area contributed by atoms with E-state index in [4.69, 9.17) is 19.4 Å². The van der Waals surface area contributed by atoms with Crippen molar-refractivity contribution in [2.24, 2.45) is 5.92 Å². The lowest BCUT2D eigenvalue weighted by Crippen LogP contribution is -2.48. The van der Waals surface area contributed by atoms with E-state index in [2.05, 4.69) is 71.0 Å². The smallest absolute Gasteiger partial charge is 0.304 e. The van der Waals surface area contributed by atoms with Crippen LogP contribution in [0.3, 0.4) is 0 Å². The van der Waals surface area contributed by atoms with Gasteiger partial charge >= 0.3 is 5.97 Å². The van der Waals surface area contributed by atoms with Crippen molar-refractivity contribution in [2.75, 3.05) is 38.2 Å². The molecule has 232 valence electrons. The molecule has 1 aliphatic carbocycles. The van der Waals surface area contributed by atoms with Gasteiger partial charge in [-0.2, -0.15) is 0 Å². The van der Waals surface area contributed by atoms with Crippen molar-refractivity contribution in [3.63, 3.8) is 0 Å². The standard InChI is InChI=1S/C35H43N5O4/c1-25-31(27-9-3-2-4-10-27)12-7-14-35(25,44-18-8-15-36-29-23-43-24-29)39-34-33-28(13-16-37-34)19-26(21-38-33)22-40-17-6-5-11-30(40)20-32(41)42/h2-4,7,9-10,12-14,16,19,21,25,29-30,36H,5-6,8,11,15,17-18,20,22-24H2,1H3,(H,37,39)(H,41,42). The van der Waals surface area contributed by atoms with E-state index in [1.165, 1.54) is 11.1 Å². The van der Waals surface area contributed by atoms with Crippen molar-refractivity contribution in [2.45, 2.75) is 63.4 Å². The maximum Gasteiger partial charge on any atom is 0.304 e. The highest BCUT2D eigenvalue weighted by molar-refractivity contribution is 5.89. The Hall–Kier alpha value is -3.63. The van der Waals surface area contributed by atoms with Crippen molar-refractivity contribution in [1.29, 1.82) is 0 Å². The van der Waals surface area contributed by atoms with E-state index in [1.807, 2.05) is 24.5 Å². The summed E-state index contributed by atoms with van der Waals surface area (Å²) in [6.45, 7) is 6.78. The summed E-state index contributed by atoms with van der Waals surface area (Å²) in [6.07, 6.45) is 14.2. The second-order valence-electron chi connectivity index (χ2n) is 12.2. The molecule has 3 aliphatic rings. The molecule has 2 saturated heterocycles. The summed E-state index contributed by atoms with van der Waals surface area (Å²) in [4.78, 5) is 23.4. The van der Waals surface area contributed by atoms with Crippen molar-refractivity contribution in [3.05, 3.63) is 84.2 Å². The topological polar surface area (TPSA) is 109 Å². The number of pyridine rings is 2. The summed E-state index contributed by atoms with van der Waals surface area (Å²) in [5.74, 6) is -0.0761. The van der Waals surface area contributed by atoms with Gasteiger partial charge in [0.2, 0.25) is 0 Å². The summed E-state index contributed by atoms with van der Waals surface area (Å²) in [6, 6.07) is 15.1. The van der Waals surface area contributed by atoms with Crippen LogP contribution in [-0.4, -0.2) is 76.7 Å². The Balaban J connectivity index is 1.23. The molecule has 0 radical (unpaired) electrons. The maximum absolute atomic E-state index is 11.5. The zero-order valence-corrected chi connectivity index (χ0v) is 25.5. The SMILES string of the molecule is CC1C(c2ccccc2)=CC=CC1(Nc1nccc2cc(CN3CCCCC3CC(=O)O)cnc12)OCCCNC1COC1. The van der Waals surface area contributed by atoms with Gasteiger partial charge in [-0.15, -0.1) is 0 Å². The van der Waals surface area contributed by atoms with Crippen LogP contribution in [0.1, 0.15) is 50.2 Å². The fraction of sp³-hybridized carbons (Fsp3) is 0.457. The monoisotopic (exact) mass is 597 g/mol. The predicted molar refractivity (Wildman–Crippen MR) is 172 cm³/mol. The van der Waals surface area contributed by atoms with Gasteiger partial charge in [-0.3, -0.25) is 14.7 Å². The van der Waals surface area contributed by atoms with Crippen LogP contribution in [0.5, 0.6) is 0 Å². The number of benzene rings is 1. The molecule has 3 unspecified atom stereocenters. The molecule has 6 rings (SSSR count). The van der Waals surface area contributed by atoms with Gasteiger partial charge in [0.25, 0.3) is 0 Å². The molecule has 2 aliphatic heterocycles. The lowest BCUT2D eigenvalue weighted by Gasteiger charge is -2.41. The largest absolute Gasteiger partial charge is 0.481 e. The van der Waals surface area contributed by atoms with E-state index < -0.39 is 11.7 Å². The fourth-order valence-electron chi connectivity index (χ4n) is 6.53. The van der Waals surface area contributed by atoms with E-state index in [1.54, 1.807) is 0 Å². The van der Waals surface area contributed by atoms with Crippen LogP contribution in [0.15, 0.2) is 73.1 Å². The van der Waals surface area contributed by atoms with E-state index >= 15 is 0 Å². The van der Waals surface area contributed by atoms with Gasteiger partial charge in [-0.05, 0) is 67.3 Å². The van der Waals surface area contributed by atoms with Crippen LogP contribution < -0.4 is 10.6 Å². The van der Waals surface area contributed by atoms with Crippen molar-refractivity contribution in [1.82, 2.24) is 20.2 Å². The number of likely N-dealkylation sites (tertiary alicyclic amines) is 1. The van der Waals surface area contributed by atoms with Gasteiger partial charge in [-0.25, -0.2) is 4.98 Å². The first-order valence-corrected chi connectivity index (χ1v) is 15.9. The van der Waals surface area contributed by atoms with Gasteiger partial charge in [0.1, 0.15) is 5.52 Å². The fourth-order valence-corrected chi connectivity index (χ4v) is 6.53. The number of aliphatic carboxylic acids is 1. The molecule has 44 heavy (non-hydrogen) atoms. The van der Waals surface area contributed by atoms with E-state index in [0.717, 1.165) is 68.5 Å². The number of allylic oxidation sites excluding steroid dienone is 2.